The number of aliphatic imine (C=N–C) groups is 1. The van der Waals surface area contributed by atoms with Crippen molar-refractivity contribution >= 4 is 13.1 Å². The van der Waals surface area contributed by atoms with E-state index >= 15 is 0 Å². The van der Waals surface area contributed by atoms with Gasteiger partial charge in [-0.15, -0.1) is 0 Å². The monoisotopic (exact) mass is 127 g/mol. The van der Waals surface area contributed by atoms with E-state index in [1.54, 1.807) is 18.4 Å². The Bertz CT molecular complexity index is 98.5. The zero-order valence-electron chi connectivity index (χ0n) is 6.04. The molecule has 0 amide bonds. The predicted octanol–water partition coefficient (Wildman–Crippen LogP) is 0.972. The maximum Gasteiger partial charge on any atom is 0.105 e. The van der Waals surface area contributed by atoms with E-state index in [4.69, 9.17) is 0 Å². The lowest BCUT2D eigenvalue weighted by Gasteiger charge is -2.08. The molecule has 0 rings (SSSR count). The highest BCUT2D eigenvalue weighted by Gasteiger charge is 1.88. The molecule has 0 spiro atoms. The average molecular weight is 127 g/mol. The summed E-state index contributed by atoms with van der Waals surface area (Å²) in [4.78, 5) is 3.79. The molecule has 0 aliphatic heterocycles. The minimum Gasteiger partial charge on any atom is -0.277 e. The van der Waals surface area contributed by atoms with Gasteiger partial charge >= 0.3 is 0 Å². The number of rotatable bonds is 4. The Morgan fingerprint density at radius 2 is 2.33 bits per heavy atom. The molecule has 0 aliphatic rings. The zero-order valence-corrected chi connectivity index (χ0v) is 6.04. The topological polar surface area (TPSA) is 28.0 Å². The van der Waals surface area contributed by atoms with Gasteiger partial charge in [-0.1, -0.05) is 6.92 Å². The molecule has 0 fully saturated rings. The molecule has 0 atom stereocenters. The van der Waals surface area contributed by atoms with Crippen molar-refractivity contribution in [3.05, 3.63) is 0 Å². The van der Waals surface area contributed by atoms with Crippen molar-refractivity contribution in [2.45, 2.75) is 13.3 Å². The molecule has 0 unspecified atom stereocenters. The fourth-order valence-electron chi connectivity index (χ4n) is 0.527. The van der Waals surface area contributed by atoms with Crippen LogP contribution in [0.1, 0.15) is 13.3 Å². The Hall–Kier alpha value is -0.860. The van der Waals surface area contributed by atoms with Gasteiger partial charge in [0.05, 0.1) is 0 Å². The van der Waals surface area contributed by atoms with Gasteiger partial charge in [-0.25, -0.2) is 0 Å². The minimum absolute atomic E-state index is 0.890. The molecule has 0 saturated heterocycles. The number of hydrogen-bond acceptors (Lipinski definition) is 2. The molecule has 0 N–H and O–H groups in total. The van der Waals surface area contributed by atoms with Crippen molar-refractivity contribution in [1.29, 1.82) is 0 Å². The molecule has 0 saturated carbocycles. The van der Waals surface area contributed by atoms with E-state index in [9.17, 15) is 0 Å². The first-order chi connectivity index (χ1) is 4.35. The molecule has 0 radical (unpaired) electrons. The third-order valence-corrected chi connectivity index (χ3v) is 0.883. The summed E-state index contributed by atoms with van der Waals surface area (Å²) < 4.78 is 0. The maximum atomic E-state index is 3.79. The third kappa shape index (κ3) is 3.70. The van der Waals surface area contributed by atoms with E-state index in [2.05, 4.69) is 23.7 Å². The van der Waals surface area contributed by atoms with Gasteiger partial charge in [0.2, 0.25) is 0 Å². The van der Waals surface area contributed by atoms with Gasteiger partial charge in [0.25, 0.3) is 0 Å². The number of hydrogen-bond donors (Lipinski definition) is 0. The smallest absolute Gasteiger partial charge is 0.105 e. The first kappa shape index (κ1) is 8.14. The summed E-state index contributed by atoms with van der Waals surface area (Å²) in [5.41, 5.74) is 0. The summed E-state index contributed by atoms with van der Waals surface area (Å²) in [5, 5.41) is 5.41. The summed E-state index contributed by atoms with van der Waals surface area (Å²) in [6.45, 7) is 6.36. The SMILES string of the molecule is C=NN(C=NC)CCC. The Labute approximate surface area is 56.1 Å². The third-order valence-electron chi connectivity index (χ3n) is 0.883. The van der Waals surface area contributed by atoms with Crippen LogP contribution in [0.3, 0.4) is 0 Å². The highest BCUT2D eigenvalue weighted by molar-refractivity contribution is 5.54. The lowest BCUT2D eigenvalue weighted by atomic mass is 10.5. The molecule has 9 heavy (non-hydrogen) atoms. The quantitative estimate of drug-likeness (QED) is 0.314. The van der Waals surface area contributed by atoms with Crippen LogP contribution in [0, 0.1) is 0 Å². The van der Waals surface area contributed by atoms with E-state index in [1.807, 2.05) is 0 Å². The van der Waals surface area contributed by atoms with E-state index in [1.165, 1.54) is 0 Å². The Kier molecular flexibility index (Phi) is 4.78. The standard InChI is InChI=1S/C6H13N3/c1-4-5-9(8-3)6-7-2/h6H,3-5H2,1-2H3. The van der Waals surface area contributed by atoms with Crippen molar-refractivity contribution in [3.8, 4) is 0 Å². The zero-order chi connectivity index (χ0) is 7.11. The summed E-state index contributed by atoms with van der Waals surface area (Å²) in [7, 11) is 1.72. The molecule has 0 aliphatic carbocycles. The molecule has 0 aromatic heterocycles. The molecule has 3 heteroatoms. The first-order valence-corrected chi connectivity index (χ1v) is 3.00. The van der Waals surface area contributed by atoms with Gasteiger partial charge in [0.1, 0.15) is 6.34 Å². The van der Waals surface area contributed by atoms with E-state index in [0.717, 1.165) is 13.0 Å². The second-order valence-corrected chi connectivity index (χ2v) is 1.68. The summed E-state index contributed by atoms with van der Waals surface area (Å²) in [6.07, 6.45) is 2.72. The molecule has 0 aromatic rings. The van der Waals surface area contributed by atoms with Gasteiger partial charge in [-0.2, -0.15) is 5.10 Å². The predicted molar refractivity (Wildman–Crippen MR) is 41.0 cm³/mol. The Morgan fingerprint density at radius 1 is 1.67 bits per heavy atom. The molecule has 0 heterocycles. The molecular weight excluding hydrogens is 114 g/mol. The van der Waals surface area contributed by atoms with Crippen LogP contribution >= 0.6 is 0 Å². The summed E-state index contributed by atoms with van der Waals surface area (Å²) in [5.74, 6) is 0. The van der Waals surface area contributed by atoms with Gasteiger partial charge in [-0.3, -0.25) is 10.0 Å². The highest BCUT2D eigenvalue weighted by Crippen LogP contribution is 1.85. The normalized spacial score (nSPS) is 10.0. The van der Waals surface area contributed by atoms with E-state index in [-0.39, 0.29) is 0 Å². The van der Waals surface area contributed by atoms with E-state index < -0.39 is 0 Å². The number of nitrogens with zero attached hydrogens (tertiary/aromatic N) is 3. The molecule has 3 nitrogen and oxygen atoms in total. The van der Waals surface area contributed by atoms with Crippen LogP contribution in [-0.4, -0.2) is 31.7 Å². The van der Waals surface area contributed by atoms with Crippen molar-refractivity contribution in [2.24, 2.45) is 10.1 Å². The molecule has 52 valence electrons. The second kappa shape index (κ2) is 5.28. The van der Waals surface area contributed by atoms with Crippen LogP contribution in [0.2, 0.25) is 0 Å². The van der Waals surface area contributed by atoms with Crippen molar-refractivity contribution in [1.82, 2.24) is 5.01 Å². The van der Waals surface area contributed by atoms with Crippen LogP contribution in [-0.2, 0) is 0 Å². The maximum absolute atomic E-state index is 3.79. The largest absolute Gasteiger partial charge is 0.277 e. The van der Waals surface area contributed by atoms with Crippen LogP contribution < -0.4 is 0 Å². The van der Waals surface area contributed by atoms with Gasteiger partial charge in [0, 0.05) is 20.3 Å². The minimum atomic E-state index is 0.890. The van der Waals surface area contributed by atoms with Gasteiger partial charge < -0.3 is 0 Å². The second-order valence-electron chi connectivity index (χ2n) is 1.68. The fraction of sp³-hybridized carbons (Fsp3) is 0.667. The van der Waals surface area contributed by atoms with Crippen LogP contribution in [0.25, 0.3) is 0 Å². The molecule has 0 aromatic carbocycles. The van der Waals surface area contributed by atoms with Crippen molar-refractivity contribution < 1.29 is 0 Å². The molecule has 0 bridgehead atoms. The summed E-state index contributed by atoms with van der Waals surface area (Å²) in [6, 6.07) is 0. The van der Waals surface area contributed by atoms with Crippen LogP contribution in [0.4, 0.5) is 0 Å². The average Bonchev–Trinajstić information content (AvgIpc) is 1.88. The van der Waals surface area contributed by atoms with Crippen molar-refractivity contribution in [3.63, 3.8) is 0 Å². The van der Waals surface area contributed by atoms with E-state index in [0.29, 0.717) is 0 Å². The highest BCUT2D eigenvalue weighted by atomic mass is 15.4. The lowest BCUT2D eigenvalue weighted by molar-refractivity contribution is 0.460. The lowest BCUT2D eigenvalue weighted by Crippen LogP contribution is -2.14. The Balaban J connectivity index is 3.53. The fourth-order valence-corrected chi connectivity index (χ4v) is 0.527. The van der Waals surface area contributed by atoms with Crippen LogP contribution in [0.5, 0.6) is 0 Å². The number of hydrazone groups is 1. The Morgan fingerprint density at radius 3 is 2.67 bits per heavy atom. The summed E-state index contributed by atoms with van der Waals surface area (Å²) >= 11 is 0. The molecular formula is C6H13N3. The first-order valence-electron chi connectivity index (χ1n) is 3.00. The van der Waals surface area contributed by atoms with Gasteiger partial charge in [-0.05, 0) is 6.42 Å². The van der Waals surface area contributed by atoms with Crippen molar-refractivity contribution in [2.75, 3.05) is 13.6 Å². The van der Waals surface area contributed by atoms with Crippen LogP contribution in [0.15, 0.2) is 10.1 Å². The van der Waals surface area contributed by atoms with Gasteiger partial charge in [0.15, 0.2) is 0 Å².